The molecule has 0 fully saturated rings. The third-order valence-corrected chi connectivity index (χ3v) is 4.97. The molecular formula is C21H27N3O. The smallest absolute Gasteiger partial charge is 0.148 e. The number of hydrogen-bond donors (Lipinski definition) is 1. The number of aryl methyl sites for hydroxylation is 6. The molecule has 4 nitrogen and oxygen atoms in total. The van der Waals surface area contributed by atoms with Crippen LogP contribution in [0, 0.1) is 41.5 Å². The number of fused-ring (bicyclic) bond motifs is 1. The molecule has 0 saturated heterocycles. The molecule has 0 aliphatic heterocycles. The first-order valence-corrected chi connectivity index (χ1v) is 8.89. The van der Waals surface area contributed by atoms with E-state index in [0.29, 0.717) is 0 Å². The van der Waals surface area contributed by atoms with Crippen molar-refractivity contribution in [3.63, 3.8) is 0 Å². The second-order valence-corrected chi connectivity index (χ2v) is 7.04. The van der Waals surface area contributed by atoms with Gasteiger partial charge in [0.25, 0.3) is 0 Å². The highest BCUT2D eigenvalue weighted by atomic mass is 16.2. The van der Waals surface area contributed by atoms with Gasteiger partial charge in [-0.3, -0.25) is 4.57 Å². The maximum Gasteiger partial charge on any atom is 0.148 e. The molecule has 1 aromatic carbocycles. The highest BCUT2D eigenvalue weighted by Crippen LogP contribution is 2.32. The van der Waals surface area contributed by atoms with E-state index in [0.717, 1.165) is 35.4 Å². The molecule has 132 valence electrons. The van der Waals surface area contributed by atoms with E-state index in [-0.39, 0.29) is 6.61 Å². The van der Waals surface area contributed by atoms with Crippen molar-refractivity contribution < 1.29 is 5.11 Å². The Morgan fingerprint density at radius 2 is 1.60 bits per heavy atom. The van der Waals surface area contributed by atoms with Crippen molar-refractivity contribution >= 4 is 11.0 Å². The third-order valence-electron chi connectivity index (χ3n) is 4.97. The maximum absolute atomic E-state index is 9.23. The van der Waals surface area contributed by atoms with Crippen LogP contribution in [0.1, 0.15) is 45.9 Å². The first kappa shape index (κ1) is 17.6. The van der Waals surface area contributed by atoms with Gasteiger partial charge in [-0.2, -0.15) is 0 Å². The number of aliphatic hydroxyl groups excluding tert-OH is 1. The normalized spacial score (nSPS) is 11.5. The number of aromatic nitrogens is 3. The maximum atomic E-state index is 9.23. The van der Waals surface area contributed by atoms with Crippen LogP contribution in [0.4, 0.5) is 0 Å². The molecule has 0 amide bonds. The molecule has 25 heavy (non-hydrogen) atoms. The molecule has 0 aliphatic rings. The van der Waals surface area contributed by atoms with Crippen LogP contribution in [0.2, 0.25) is 0 Å². The quantitative estimate of drug-likeness (QED) is 0.776. The second-order valence-electron chi connectivity index (χ2n) is 7.04. The topological polar surface area (TPSA) is 50.9 Å². The molecule has 0 unspecified atom stereocenters. The Morgan fingerprint density at radius 1 is 0.960 bits per heavy atom. The van der Waals surface area contributed by atoms with Gasteiger partial charge >= 0.3 is 0 Å². The monoisotopic (exact) mass is 337 g/mol. The minimum Gasteiger partial charge on any atom is -0.396 e. The predicted molar refractivity (Wildman–Crippen MR) is 103 cm³/mol. The Morgan fingerprint density at radius 3 is 2.20 bits per heavy atom. The van der Waals surface area contributed by atoms with Crippen LogP contribution in [0.3, 0.4) is 0 Å². The van der Waals surface area contributed by atoms with E-state index in [1.807, 2.05) is 6.92 Å². The lowest BCUT2D eigenvalue weighted by atomic mass is 10.0. The molecule has 0 aliphatic carbocycles. The minimum absolute atomic E-state index is 0.180. The van der Waals surface area contributed by atoms with Crippen molar-refractivity contribution in [3.8, 4) is 5.69 Å². The standard InChI is InChI=1S/C21H27N3O/c1-12-10-13(2)20(14(3)11-12)24-16(5)15(4)19-18(8-7-9-25)22-17(6)23-21(19)24/h10-11,25H,7-9H2,1-6H3. The molecule has 0 atom stereocenters. The Balaban J connectivity index is 2.38. The van der Waals surface area contributed by atoms with Crippen LogP contribution in [-0.4, -0.2) is 26.2 Å². The Hall–Kier alpha value is -2.20. The van der Waals surface area contributed by atoms with E-state index in [4.69, 9.17) is 4.98 Å². The van der Waals surface area contributed by atoms with E-state index in [1.165, 1.54) is 33.6 Å². The first-order chi connectivity index (χ1) is 11.8. The summed E-state index contributed by atoms with van der Waals surface area (Å²) >= 11 is 0. The van der Waals surface area contributed by atoms with Gasteiger partial charge in [0.15, 0.2) is 0 Å². The molecule has 2 heterocycles. The van der Waals surface area contributed by atoms with Crippen molar-refractivity contribution in [1.82, 2.24) is 14.5 Å². The second kappa shape index (κ2) is 6.60. The third kappa shape index (κ3) is 2.95. The van der Waals surface area contributed by atoms with Crippen LogP contribution >= 0.6 is 0 Å². The number of benzene rings is 1. The van der Waals surface area contributed by atoms with Crippen molar-refractivity contribution in [2.75, 3.05) is 6.61 Å². The lowest BCUT2D eigenvalue weighted by molar-refractivity contribution is 0.288. The number of aliphatic hydroxyl groups is 1. The summed E-state index contributed by atoms with van der Waals surface area (Å²) in [4.78, 5) is 9.47. The Bertz CT molecular complexity index is 931. The molecule has 0 bridgehead atoms. The minimum atomic E-state index is 0.180. The van der Waals surface area contributed by atoms with E-state index < -0.39 is 0 Å². The fourth-order valence-electron chi connectivity index (χ4n) is 3.89. The van der Waals surface area contributed by atoms with Crippen LogP contribution in [0.25, 0.3) is 16.7 Å². The summed E-state index contributed by atoms with van der Waals surface area (Å²) in [5, 5.41) is 10.4. The summed E-state index contributed by atoms with van der Waals surface area (Å²) in [7, 11) is 0. The highest BCUT2D eigenvalue weighted by Gasteiger charge is 2.20. The lowest BCUT2D eigenvalue weighted by Gasteiger charge is -2.16. The van der Waals surface area contributed by atoms with Gasteiger partial charge in [-0.15, -0.1) is 0 Å². The number of rotatable bonds is 4. The fourth-order valence-corrected chi connectivity index (χ4v) is 3.89. The Labute approximate surface area is 149 Å². The van der Waals surface area contributed by atoms with Crippen LogP contribution in [0.5, 0.6) is 0 Å². The van der Waals surface area contributed by atoms with Crippen molar-refractivity contribution in [3.05, 3.63) is 51.6 Å². The molecule has 0 spiro atoms. The predicted octanol–water partition coefficient (Wildman–Crippen LogP) is 4.20. The van der Waals surface area contributed by atoms with Crippen molar-refractivity contribution in [2.45, 2.75) is 54.4 Å². The van der Waals surface area contributed by atoms with E-state index in [9.17, 15) is 5.11 Å². The molecule has 0 radical (unpaired) electrons. The van der Waals surface area contributed by atoms with Crippen molar-refractivity contribution in [1.29, 1.82) is 0 Å². The van der Waals surface area contributed by atoms with Gasteiger partial charge in [0.2, 0.25) is 0 Å². The summed E-state index contributed by atoms with van der Waals surface area (Å²) in [6, 6.07) is 4.45. The molecule has 3 rings (SSSR count). The van der Waals surface area contributed by atoms with E-state index in [2.05, 4.69) is 56.3 Å². The number of nitrogens with zero attached hydrogens (tertiary/aromatic N) is 3. The summed E-state index contributed by atoms with van der Waals surface area (Å²) in [5.74, 6) is 0.779. The highest BCUT2D eigenvalue weighted by molar-refractivity contribution is 5.86. The van der Waals surface area contributed by atoms with Gasteiger partial charge < -0.3 is 5.11 Å². The van der Waals surface area contributed by atoms with E-state index in [1.54, 1.807) is 0 Å². The zero-order chi connectivity index (χ0) is 18.3. The van der Waals surface area contributed by atoms with Gasteiger partial charge in [0, 0.05) is 17.7 Å². The number of hydrogen-bond acceptors (Lipinski definition) is 3. The molecule has 0 saturated carbocycles. The average Bonchev–Trinajstić information content (AvgIpc) is 2.76. The molecule has 2 aromatic heterocycles. The summed E-state index contributed by atoms with van der Waals surface area (Å²) in [6.07, 6.45) is 1.49. The van der Waals surface area contributed by atoms with Gasteiger partial charge in [0.05, 0.1) is 11.4 Å². The zero-order valence-corrected chi connectivity index (χ0v) is 16.1. The Kier molecular flexibility index (Phi) is 4.65. The van der Waals surface area contributed by atoms with Gasteiger partial charge in [0.1, 0.15) is 11.5 Å². The summed E-state index contributed by atoms with van der Waals surface area (Å²) < 4.78 is 2.28. The lowest BCUT2D eigenvalue weighted by Crippen LogP contribution is -2.05. The molecule has 4 heteroatoms. The molecule has 1 N–H and O–H groups in total. The fraction of sp³-hybridized carbons (Fsp3) is 0.429. The SMILES string of the molecule is Cc1cc(C)c(-n2c(C)c(C)c3c(CCCO)nc(C)nc32)c(C)c1. The molecular weight excluding hydrogens is 310 g/mol. The van der Waals surface area contributed by atoms with Crippen LogP contribution < -0.4 is 0 Å². The largest absolute Gasteiger partial charge is 0.396 e. The van der Waals surface area contributed by atoms with Crippen molar-refractivity contribution in [2.24, 2.45) is 0 Å². The zero-order valence-electron chi connectivity index (χ0n) is 16.1. The van der Waals surface area contributed by atoms with Crippen LogP contribution in [0.15, 0.2) is 12.1 Å². The van der Waals surface area contributed by atoms with E-state index >= 15 is 0 Å². The molecule has 3 aromatic rings. The van der Waals surface area contributed by atoms with Gasteiger partial charge in [-0.1, -0.05) is 17.7 Å². The van der Waals surface area contributed by atoms with Crippen LogP contribution in [-0.2, 0) is 6.42 Å². The van der Waals surface area contributed by atoms with Gasteiger partial charge in [-0.05, 0) is 71.1 Å². The first-order valence-electron chi connectivity index (χ1n) is 8.89. The summed E-state index contributed by atoms with van der Waals surface area (Å²) in [5.41, 5.74) is 9.45. The van der Waals surface area contributed by atoms with Gasteiger partial charge in [-0.25, -0.2) is 9.97 Å². The average molecular weight is 337 g/mol. The summed E-state index contributed by atoms with van der Waals surface area (Å²) in [6.45, 7) is 12.9.